The number of aromatic nitrogens is 4. The minimum absolute atomic E-state index is 0.0284. The summed E-state index contributed by atoms with van der Waals surface area (Å²) in [7, 11) is 0. The number of carbonyl (C=O) groups excluding carboxylic acids is 1. The number of amides is 1. The molecule has 176 valence electrons. The van der Waals surface area contributed by atoms with Crippen molar-refractivity contribution in [1.29, 1.82) is 0 Å². The van der Waals surface area contributed by atoms with E-state index in [9.17, 15) is 15.0 Å². The average molecular weight is 460 g/mol. The third kappa shape index (κ3) is 4.15. The minimum Gasteiger partial charge on any atom is -0.390 e. The van der Waals surface area contributed by atoms with Crippen LogP contribution in [-0.2, 0) is 17.6 Å². The topological polar surface area (TPSA) is 113 Å². The van der Waals surface area contributed by atoms with Crippen molar-refractivity contribution < 1.29 is 15.0 Å². The number of aliphatic hydroxyl groups is 2. The molecular weight excluding hydrogens is 430 g/mol. The van der Waals surface area contributed by atoms with Crippen molar-refractivity contribution in [2.45, 2.75) is 57.8 Å². The Labute approximate surface area is 197 Å². The highest BCUT2D eigenvalue weighted by Crippen LogP contribution is 2.39. The van der Waals surface area contributed by atoms with Gasteiger partial charge in [0.2, 0.25) is 5.91 Å². The van der Waals surface area contributed by atoms with Gasteiger partial charge in [-0.15, -0.1) is 0 Å². The van der Waals surface area contributed by atoms with Crippen molar-refractivity contribution in [3.8, 4) is 0 Å². The number of rotatable bonds is 6. The summed E-state index contributed by atoms with van der Waals surface area (Å²) >= 11 is 0. The highest BCUT2D eigenvalue weighted by molar-refractivity contribution is 5.89. The van der Waals surface area contributed by atoms with E-state index in [0.29, 0.717) is 12.2 Å². The zero-order valence-corrected chi connectivity index (χ0v) is 19.3. The first-order valence-corrected chi connectivity index (χ1v) is 11.8. The van der Waals surface area contributed by atoms with Crippen molar-refractivity contribution in [2.75, 3.05) is 5.32 Å². The second-order valence-corrected chi connectivity index (χ2v) is 9.12. The number of aliphatic hydroxyl groups excluding tert-OH is 2. The Hall–Kier alpha value is -3.36. The summed E-state index contributed by atoms with van der Waals surface area (Å²) in [4.78, 5) is 24.7. The second-order valence-electron chi connectivity index (χ2n) is 9.12. The highest BCUT2D eigenvalue weighted by atomic mass is 16.3. The first-order chi connectivity index (χ1) is 16.4. The van der Waals surface area contributed by atoms with Crippen LogP contribution in [0.5, 0.6) is 0 Å². The van der Waals surface area contributed by atoms with Gasteiger partial charge in [-0.2, -0.15) is 0 Å². The van der Waals surface area contributed by atoms with Crippen molar-refractivity contribution in [3.05, 3.63) is 60.2 Å². The van der Waals surface area contributed by atoms with Gasteiger partial charge in [-0.25, -0.2) is 15.0 Å². The summed E-state index contributed by atoms with van der Waals surface area (Å²) in [6.07, 6.45) is 4.88. The standard InChI is InChI=1S/C26H29N5O3/c1-3-20-19-10-11-31(26(19)28-14-27-20)22-13-18(24(33)25(22)34)7-5-16-4-6-17-8-9-23(29-15(2)32)30-21(17)12-16/h4,6,8-12,14,18,22,24-25,33-34H,3,5,7,13H2,1-2H3,(H,29,30,32)/t18-,22+,24+,25-/m0/s1. The molecule has 1 amide bonds. The summed E-state index contributed by atoms with van der Waals surface area (Å²) in [5, 5.41) is 26.4. The van der Waals surface area contributed by atoms with Crippen LogP contribution in [0.4, 0.5) is 5.82 Å². The SMILES string of the molecule is CCc1ncnc2c1ccn2[C@@H]1C[C@H](CCc2ccc3ccc(NC(C)=O)nc3c2)[C@@H](O)[C@H]1O. The van der Waals surface area contributed by atoms with E-state index in [1.54, 1.807) is 12.4 Å². The molecule has 8 nitrogen and oxygen atoms in total. The van der Waals surface area contributed by atoms with Crippen LogP contribution in [0.3, 0.4) is 0 Å². The molecule has 34 heavy (non-hydrogen) atoms. The summed E-state index contributed by atoms with van der Waals surface area (Å²) < 4.78 is 1.99. The van der Waals surface area contributed by atoms with E-state index in [1.807, 2.05) is 35.0 Å². The van der Waals surface area contributed by atoms with E-state index in [-0.39, 0.29) is 17.9 Å². The van der Waals surface area contributed by atoms with Gasteiger partial charge >= 0.3 is 0 Å². The van der Waals surface area contributed by atoms with Crippen molar-refractivity contribution in [3.63, 3.8) is 0 Å². The molecule has 0 bridgehead atoms. The molecular formula is C26H29N5O3. The number of carbonyl (C=O) groups is 1. The van der Waals surface area contributed by atoms with E-state index >= 15 is 0 Å². The fraction of sp³-hybridized carbons (Fsp3) is 0.385. The molecule has 4 atom stereocenters. The van der Waals surface area contributed by atoms with Crippen molar-refractivity contribution in [1.82, 2.24) is 19.5 Å². The zero-order valence-electron chi connectivity index (χ0n) is 19.3. The number of fused-ring (bicyclic) bond motifs is 2. The van der Waals surface area contributed by atoms with Crippen LogP contribution in [0.15, 0.2) is 48.9 Å². The van der Waals surface area contributed by atoms with Gasteiger partial charge in [0, 0.05) is 23.9 Å². The van der Waals surface area contributed by atoms with Gasteiger partial charge in [0.05, 0.1) is 23.4 Å². The van der Waals surface area contributed by atoms with Crippen LogP contribution in [-0.4, -0.2) is 47.8 Å². The Kier molecular flexibility index (Phi) is 6.02. The number of anilines is 1. The van der Waals surface area contributed by atoms with Gasteiger partial charge in [0.15, 0.2) is 0 Å². The zero-order chi connectivity index (χ0) is 23.8. The van der Waals surface area contributed by atoms with Gasteiger partial charge in [0.1, 0.15) is 23.9 Å². The molecule has 1 saturated carbocycles. The number of nitrogens with zero attached hydrogens (tertiary/aromatic N) is 4. The third-order valence-corrected chi connectivity index (χ3v) is 6.92. The molecule has 0 unspecified atom stereocenters. The lowest BCUT2D eigenvalue weighted by Crippen LogP contribution is -2.29. The molecule has 3 aromatic heterocycles. The monoisotopic (exact) mass is 459 g/mol. The van der Waals surface area contributed by atoms with Gasteiger partial charge in [0.25, 0.3) is 0 Å². The van der Waals surface area contributed by atoms with E-state index in [2.05, 4.69) is 33.3 Å². The molecule has 0 saturated heterocycles. The molecule has 5 rings (SSSR count). The number of pyridine rings is 1. The highest BCUT2D eigenvalue weighted by Gasteiger charge is 2.42. The van der Waals surface area contributed by atoms with Gasteiger partial charge in [-0.3, -0.25) is 4.79 Å². The van der Waals surface area contributed by atoms with Crippen molar-refractivity contribution in [2.24, 2.45) is 5.92 Å². The Morgan fingerprint density at radius 1 is 1.15 bits per heavy atom. The maximum Gasteiger partial charge on any atom is 0.222 e. The number of hydrogen-bond donors (Lipinski definition) is 3. The summed E-state index contributed by atoms with van der Waals surface area (Å²) in [6, 6.07) is 11.6. The maximum absolute atomic E-state index is 11.3. The van der Waals surface area contributed by atoms with Crippen LogP contribution in [0, 0.1) is 5.92 Å². The van der Waals surface area contributed by atoms with E-state index in [0.717, 1.165) is 52.5 Å². The molecule has 1 fully saturated rings. The number of nitrogens with one attached hydrogen (secondary N) is 1. The normalized spacial score (nSPS) is 22.5. The quantitative estimate of drug-likeness (QED) is 0.407. The second kappa shape index (κ2) is 9.12. The molecule has 8 heteroatoms. The van der Waals surface area contributed by atoms with Crippen LogP contribution >= 0.6 is 0 Å². The van der Waals surface area contributed by atoms with E-state index in [4.69, 9.17) is 0 Å². The lowest BCUT2D eigenvalue weighted by molar-refractivity contribution is -0.114. The molecule has 0 radical (unpaired) electrons. The Morgan fingerprint density at radius 2 is 1.97 bits per heavy atom. The van der Waals surface area contributed by atoms with Gasteiger partial charge < -0.3 is 20.1 Å². The first kappa shape index (κ1) is 22.4. The third-order valence-electron chi connectivity index (χ3n) is 6.92. The summed E-state index contributed by atoms with van der Waals surface area (Å²) in [6.45, 7) is 3.52. The summed E-state index contributed by atoms with van der Waals surface area (Å²) in [5.41, 5.74) is 3.72. The fourth-order valence-electron chi connectivity index (χ4n) is 5.16. The van der Waals surface area contributed by atoms with Crippen LogP contribution < -0.4 is 5.32 Å². The Morgan fingerprint density at radius 3 is 2.76 bits per heavy atom. The first-order valence-electron chi connectivity index (χ1n) is 11.8. The fourth-order valence-corrected chi connectivity index (χ4v) is 5.16. The molecule has 1 aliphatic rings. The molecule has 1 aliphatic carbocycles. The molecule has 3 N–H and O–H groups in total. The molecule has 0 aliphatic heterocycles. The van der Waals surface area contributed by atoms with Crippen LogP contribution in [0.25, 0.3) is 21.9 Å². The largest absolute Gasteiger partial charge is 0.390 e. The van der Waals surface area contributed by atoms with E-state index < -0.39 is 12.2 Å². The smallest absolute Gasteiger partial charge is 0.222 e. The maximum atomic E-state index is 11.3. The van der Waals surface area contributed by atoms with Crippen LogP contribution in [0.2, 0.25) is 0 Å². The molecule has 3 heterocycles. The van der Waals surface area contributed by atoms with Gasteiger partial charge in [-0.05, 0) is 61.4 Å². The number of aryl methyl sites for hydroxylation is 2. The molecule has 0 spiro atoms. The lowest BCUT2D eigenvalue weighted by Gasteiger charge is -2.19. The van der Waals surface area contributed by atoms with Crippen LogP contribution in [0.1, 0.15) is 44.0 Å². The van der Waals surface area contributed by atoms with Crippen molar-refractivity contribution >= 4 is 33.7 Å². The minimum atomic E-state index is -0.848. The predicted molar refractivity (Wildman–Crippen MR) is 130 cm³/mol. The number of hydrogen-bond acceptors (Lipinski definition) is 6. The Balaban J connectivity index is 1.32. The van der Waals surface area contributed by atoms with E-state index in [1.165, 1.54) is 6.92 Å². The Bertz CT molecular complexity index is 1350. The summed E-state index contributed by atoms with van der Waals surface area (Å²) in [5.74, 6) is 0.349. The molecule has 4 aromatic rings. The average Bonchev–Trinajstić information content (AvgIpc) is 3.38. The predicted octanol–water partition coefficient (Wildman–Crippen LogP) is 3.42. The van der Waals surface area contributed by atoms with Gasteiger partial charge in [-0.1, -0.05) is 19.1 Å². The molecule has 1 aromatic carbocycles. The lowest BCUT2D eigenvalue weighted by atomic mass is 9.95. The number of benzene rings is 1.